The van der Waals surface area contributed by atoms with E-state index in [9.17, 15) is 9.18 Å². The molecule has 0 aliphatic carbocycles. The van der Waals surface area contributed by atoms with Crippen LogP contribution in [0.5, 0.6) is 0 Å². The van der Waals surface area contributed by atoms with Crippen LogP contribution in [-0.2, 0) is 0 Å². The number of hydrogen-bond acceptors (Lipinski definition) is 2. The number of nitriles is 1. The lowest BCUT2D eigenvalue weighted by molar-refractivity contribution is 0.0946. The maximum absolute atomic E-state index is 12.9. The maximum Gasteiger partial charge on any atom is 0.252 e. The van der Waals surface area contributed by atoms with E-state index in [1.54, 1.807) is 13.8 Å². The highest BCUT2D eigenvalue weighted by atomic mass is 19.1. The SMILES string of the molecule is Cc1ccc(F)cc1C(=O)NC(C)C#N. The van der Waals surface area contributed by atoms with E-state index in [-0.39, 0.29) is 5.56 Å². The molecule has 1 amide bonds. The van der Waals surface area contributed by atoms with Crippen molar-refractivity contribution in [1.82, 2.24) is 5.32 Å². The molecule has 0 spiro atoms. The molecule has 0 heterocycles. The number of halogens is 1. The number of carbonyl (C=O) groups excluding carboxylic acids is 1. The van der Waals surface area contributed by atoms with Crippen molar-refractivity contribution in [3.8, 4) is 6.07 Å². The molecule has 1 N–H and O–H groups in total. The Labute approximate surface area is 87.5 Å². The second-order valence-electron chi connectivity index (χ2n) is 3.28. The van der Waals surface area contributed by atoms with E-state index >= 15 is 0 Å². The molecule has 0 fully saturated rings. The predicted molar refractivity (Wildman–Crippen MR) is 53.7 cm³/mol. The molecule has 3 nitrogen and oxygen atoms in total. The summed E-state index contributed by atoms with van der Waals surface area (Å²) in [5.74, 6) is -0.892. The van der Waals surface area contributed by atoms with Crippen LogP contribution in [0.25, 0.3) is 0 Å². The first-order valence-corrected chi connectivity index (χ1v) is 4.51. The highest BCUT2D eigenvalue weighted by Gasteiger charge is 2.12. The van der Waals surface area contributed by atoms with Gasteiger partial charge in [0.1, 0.15) is 11.9 Å². The van der Waals surface area contributed by atoms with Gasteiger partial charge in [0.15, 0.2) is 0 Å². The van der Waals surface area contributed by atoms with Crippen LogP contribution in [0.1, 0.15) is 22.8 Å². The van der Waals surface area contributed by atoms with Gasteiger partial charge < -0.3 is 5.32 Å². The Morgan fingerprint density at radius 2 is 2.27 bits per heavy atom. The normalized spacial score (nSPS) is 11.6. The van der Waals surface area contributed by atoms with Gasteiger partial charge in [-0.2, -0.15) is 5.26 Å². The minimum Gasteiger partial charge on any atom is -0.337 e. The summed E-state index contributed by atoms with van der Waals surface area (Å²) in [6.07, 6.45) is 0. The van der Waals surface area contributed by atoms with Gasteiger partial charge in [-0.15, -0.1) is 0 Å². The van der Waals surface area contributed by atoms with Crippen LogP contribution in [-0.4, -0.2) is 11.9 Å². The van der Waals surface area contributed by atoms with Crippen LogP contribution in [0, 0.1) is 24.1 Å². The van der Waals surface area contributed by atoms with Gasteiger partial charge in [-0.1, -0.05) is 6.07 Å². The zero-order valence-corrected chi connectivity index (χ0v) is 8.54. The fraction of sp³-hybridized carbons (Fsp3) is 0.273. The summed E-state index contributed by atoms with van der Waals surface area (Å²) < 4.78 is 12.9. The predicted octanol–water partition coefficient (Wildman–Crippen LogP) is 1.78. The molecular weight excluding hydrogens is 195 g/mol. The Hall–Kier alpha value is -1.89. The fourth-order valence-corrected chi connectivity index (χ4v) is 1.15. The summed E-state index contributed by atoms with van der Waals surface area (Å²) >= 11 is 0. The highest BCUT2D eigenvalue weighted by Crippen LogP contribution is 2.10. The van der Waals surface area contributed by atoms with E-state index in [0.29, 0.717) is 5.56 Å². The number of carbonyl (C=O) groups is 1. The van der Waals surface area contributed by atoms with Gasteiger partial charge in [0.05, 0.1) is 6.07 Å². The minimum atomic E-state index is -0.583. The lowest BCUT2D eigenvalue weighted by atomic mass is 10.1. The van der Waals surface area contributed by atoms with E-state index in [0.717, 1.165) is 6.07 Å². The minimum absolute atomic E-state index is 0.261. The molecule has 15 heavy (non-hydrogen) atoms. The molecule has 0 saturated carbocycles. The topological polar surface area (TPSA) is 52.9 Å². The monoisotopic (exact) mass is 206 g/mol. The van der Waals surface area contributed by atoms with Gasteiger partial charge in [0.2, 0.25) is 0 Å². The Morgan fingerprint density at radius 3 is 2.87 bits per heavy atom. The van der Waals surface area contributed by atoms with Gasteiger partial charge in [-0.25, -0.2) is 4.39 Å². The first-order chi connectivity index (χ1) is 7.04. The van der Waals surface area contributed by atoms with E-state index < -0.39 is 17.8 Å². The van der Waals surface area contributed by atoms with Gasteiger partial charge in [0.25, 0.3) is 5.91 Å². The standard InChI is InChI=1S/C11H11FN2O/c1-7-3-4-9(12)5-10(7)11(15)14-8(2)6-13/h3-5,8H,1-2H3,(H,14,15). The molecule has 1 unspecified atom stereocenters. The van der Waals surface area contributed by atoms with Crippen LogP contribution < -0.4 is 5.32 Å². The number of amides is 1. The average Bonchev–Trinajstić information content (AvgIpc) is 2.21. The fourth-order valence-electron chi connectivity index (χ4n) is 1.15. The first kappa shape index (κ1) is 11.2. The van der Waals surface area contributed by atoms with Gasteiger partial charge in [-0.05, 0) is 31.5 Å². The van der Waals surface area contributed by atoms with Crippen LogP contribution in [0.15, 0.2) is 18.2 Å². The van der Waals surface area contributed by atoms with Crippen molar-refractivity contribution in [1.29, 1.82) is 5.26 Å². The smallest absolute Gasteiger partial charge is 0.252 e. The quantitative estimate of drug-likeness (QED) is 0.801. The van der Waals surface area contributed by atoms with Crippen LogP contribution in [0.2, 0.25) is 0 Å². The summed E-state index contributed by atoms with van der Waals surface area (Å²) in [7, 11) is 0. The van der Waals surface area contributed by atoms with Crippen molar-refractivity contribution in [3.05, 3.63) is 35.1 Å². The van der Waals surface area contributed by atoms with Crippen molar-refractivity contribution in [2.24, 2.45) is 0 Å². The summed E-state index contributed by atoms with van der Waals surface area (Å²) in [4.78, 5) is 11.6. The molecule has 1 atom stereocenters. The summed E-state index contributed by atoms with van der Waals surface area (Å²) in [5, 5.41) is 11.0. The van der Waals surface area contributed by atoms with Crippen LogP contribution >= 0.6 is 0 Å². The molecule has 1 rings (SSSR count). The Bertz CT molecular complexity index is 423. The summed E-state index contributed by atoms with van der Waals surface area (Å²) in [6.45, 7) is 3.28. The number of aryl methyl sites for hydroxylation is 1. The summed E-state index contributed by atoms with van der Waals surface area (Å²) in [5.41, 5.74) is 0.941. The Balaban J connectivity index is 2.92. The van der Waals surface area contributed by atoms with E-state index in [1.807, 2.05) is 6.07 Å². The molecule has 0 radical (unpaired) electrons. The molecule has 0 saturated heterocycles. The van der Waals surface area contributed by atoms with Crippen molar-refractivity contribution in [3.63, 3.8) is 0 Å². The lowest BCUT2D eigenvalue weighted by Crippen LogP contribution is -2.31. The molecular formula is C11H11FN2O. The molecule has 0 bridgehead atoms. The van der Waals surface area contributed by atoms with Gasteiger partial charge >= 0.3 is 0 Å². The number of benzene rings is 1. The summed E-state index contributed by atoms with van der Waals surface area (Å²) in [6, 6.07) is 5.27. The average molecular weight is 206 g/mol. The number of nitrogens with one attached hydrogen (secondary N) is 1. The third-order valence-corrected chi connectivity index (χ3v) is 1.99. The Kier molecular flexibility index (Phi) is 3.40. The van der Waals surface area contributed by atoms with Gasteiger partial charge in [0, 0.05) is 5.56 Å². The Morgan fingerprint density at radius 1 is 1.60 bits per heavy atom. The van der Waals surface area contributed by atoms with Crippen LogP contribution in [0.4, 0.5) is 4.39 Å². The third-order valence-electron chi connectivity index (χ3n) is 1.99. The highest BCUT2D eigenvalue weighted by molar-refractivity contribution is 5.95. The lowest BCUT2D eigenvalue weighted by Gasteiger charge is -2.08. The number of nitrogens with zero attached hydrogens (tertiary/aromatic N) is 1. The molecule has 0 aliphatic rings. The van der Waals surface area contributed by atoms with E-state index in [4.69, 9.17) is 5.26 Å². The zero-order valence-electron chi connectivity index (χ0n) is 8.54. The second kappa shape index (κ2) is 4.56. The number of rotatable bonds is 2. The molecule has 78 valence electrons. The van der Waals surface area contributed by atoms with Gasteiger partial charge in [-0.3, -0.25) is 4.79 Å². The van der Waals surface area contributed by atoms with E-state index in [1.165, 1.54) is 12.1 Å². The third kappa shape index (κ3) is 2.78. The number of hydrogen-bond donors (Lipinski definition) is 1. The van der Waals surface area contributed by atoms with Crippen molar-refractivity contribution < 1.29 is 9.18 Å². The van der Waals surface area contributed by atoms with Crippen molar-refractivity contribution in [2.45, 2.75) is 19.9 Å². The van der Waals surface area contributed by atoms with Crippen LogP contribution in [0.3, 0.4) is 0 Å². The van der Waals surface area contributed by atoms with E-state index in [2.05, 4.69) is 5.32 Å². The zero-order chi connectivity index (χ0) is 11.4. The largest absolute Gasteiger partial charge is 0.337 e. The second-order valence-corrected chi connectivity index (χ2v) is 3.28. The molecule has 4 heteroatoms. The molecule has 1 aromatic carbocycles. The van der Waals surface area contributed by atoms with Crippen molar-refractivity contribution in [2.75, 3.05) is 0 Å². The first-order valence-electron chi connectivity index (χ1n) is 4.51. The maximum atomic E-state index is 12.9. The molecule has 0 aromatic heterocycles. The van der Waals surface area contributed by atoms with Crippen molar-refractivity contribution >= 4 is 5.91 Å². The molecule has 0 aliphatic heterocycles. The molecule has 1 aromatic rings.